The molecule has 1 heterocycles. The predicted octanol–water partition coefficient (Wildman–Crippen LogP) is 4.02. The van der Waals surface area contributed by atoms with Crippen LogP contribution in [0.3, 0.4) is 0 Å². The number of carbonyl (C=O) groups excluding carboxylic acids is 1. The van der Waals surface area contributed by atoms with Gasteiger partial charge in [0, 0.05) is 4.88 Å². The van der Waals surface area contributed by atoms with Crippen LogP contribution < -0.4 is 10.1 Å². The number of aryl methyl sites for hydroxylation is 2. The summed E-state index contributed by atoms with van der Waals surface area (Å²) in [6.45, 7) is 6.52. The van der Waals surface area contributed by atoms with Crippen molar-refractivity contribution < 1.29 is 9.53 Å². The van der Waals surface area contributed by atoms with E-state index in [1.54, 1.807) is 0 Å². The van der Waals surface area contributed by atoms with Crippen molar-refractivity contribution in [2.75, 3.05) is 11.9 Å². The lowest BCUT2D eigenvalue weighted by molar-refractivity contribution is 0.103. The molecule has 2 aromatic rings. The van der Waals surface area contributed by atoms with Gasteiger partial charge >= 0.3 is 0 Å². The molecule has 0 radical (unpaired) electrons. The van der Waals surface area contributed by atoms with E-state index in [4.69, 9.17) is 4.74 Å². The minimum atomic E-state index is -0.0895. The molecule has 1 aromatic carbocycles. The van der Waals surface area contributed by atoms with Crippen LogP contribution >= 0.6 is 11.3 Å². The molecular weight excluding hydrogens is 258 g/mol. The molecule has 0 saturated carbocycles. The highest BCUT2D eigenvalue weighted by atomic mass is 32.1. The van der Waals surface area contributed by atoms with E-state index in [0.717, 1.165) is 10.4 Å². The van der Waals surface area contributed by atoms with Gasteiger partial charge in [0.05, 0.1) is 17.2 Å². The number of carbonyl (C=O) groups is 1. The first-order valence-corrected chi connectivity index (χ1v) is 7.03. The summed E-state index contributed by atoms with van der Waals surface area (Å²) < 4.78 is 5.49. The van der Waals surface area contributed by atoms with Crippen LogP contribution in [0.1, 0.15) is 27.0 Å². The molecule has 2 rings (SSSR count). The molecule has 1 N–H and O–H groups in total. The van der Waals surface area contributed by atoms with Gasteiger partial charge in [-0.25, -0.2) is 0 Å². The standard InChI is InChI=1S/C15H17NO2S/c1-4-18-13-8-6-5-7-12(13)16-15(17)14-9-10(2)11(3)19-14/h5-9H,4H2,1-3H3,(H,16,17). The predicted molar refractivity (Wildman–Crippen MR) is 79.4 cm³/mol. The fourth-order valence-electron chi connectivity index (χ4n) is 1.72. The Morgan fingerprint density at radius 2 is 2.05 bits per heavy atom. The zero-order valence-corrected chi connectivity index (χ0v) is 12.1. The van der Waals surface area contributed by atoms with Gasteiger partial charge in [-0.15, -0.1) is 11.3 Å². The smallest absolute Gasteiger partial charge is 0.265 e. The summed E-state index contributed by atoms with van der Waals surface area (Å²) in [5, 5.41) is 2.90. The van der Waals surface area contributed by atoms with Crippen LogP contribution in [-0.2, 0) is 0 Å². The Balaban J connectivity index is 2.19. The highest BCUT2D eigenvalue weighted by Gasteiger charge is 2.12. The molecule has 0 unspecified atom stereocenters. The van der Waals surface area contributed by atoms with E-state index in [1.165, 1.54) is 16.2 Å². The van der Waals surface area contributed by atoms with Crippen molar-refractivity contribution in [1.82, 2.24) is 0 Å². The van der Waals surface area contributed by atoms with Crippen molar-refractivity contribution in [2.45, 2.75) is 20.8 Å². The molecule has 1 amide bonds. The summed E-state index contributed by atoms with van der Waals surface area (Å²) in [6.07, 6.45) is 0. The maximum absolute atomic E-state index is 12.2. The fourth-order valence-corrected chi connectivity index (χ4v) is 2.65. The summed E-state index contributed by atoms with van der Waals surface area (Å²) in [6, 6.07) is 9.38. The Hall–Kier alpha value is -1.81. The monoisotopic (exact) mass is 275 g/mol. The van der Waals surface area contributed by atoms with E-state index in [0.29, 0.717) is 18.0 Å². The van der Waals surface area contributed by atoms with Gasteiger partial charge in [0.1, 0.15) is 5.75 Å². The van der Waals surface area contributed by atoms with Crippen molar-refractivity contribution in [3.63, 3.8) is 0 Å². The zero-order chi connectivity index (χ0) is 13.8. The van der Waals surface area contributed by atoms with Crippen molar-refractivity contribution in [3.8, 4) is 5.75 Å². The largest absolute Gasteiger partial charge is 0.492 e. The number of anilines is 1. The summed E-state index contributed by atoms with van der Waals surface area (Å²) in [7, 11) is 0. The van der Waals surface area contributed by atoms with Crippen molar-refractivity contribution in [3.05, 3.63) is 45.6 Å². The molecule has 0 aliphatic heterocycles. The Bertz CT molecular complexity index is 570. The molecule has 100 valence electrons. The van der Waals surface area contributed by atoms with E-state index in [1.807, 2.05) is 51.1 Å². The molecule has 4 heteroatoms. The first-order chi connectivity index (χ1) is 9.11. The first kappa shape index (κ1) is 13.6. The summed E-state index contributed by atoms with van der Waals surface area (Å²) in [4.78, 5) is 14.1. The number of hydrogen-bond acceptors (Lipinski definition) is 3. The molecule has 0 bridgehead atoms. The average Bonchev–Trinajstić information content (AvgIpc) is 2.72. The second kappa shape index (κ2) is 5.89. The topological polar surface area (TPSA) is 38.3 Å². The molecule has 19 heavy (non-hydrogen) atoms. The quantitative estimate of drug-likeness (QED) is 0.915. The van der Waals surface area contributed by atoms with Crippen LogP contribution in [-0.4, -0.2) is 12.5 Å². The summed E-state index contributed by atoms with van der Waals surface area (Å²) in [5.74, 6) is 0.608. The molecule has 0 aliphatic rings. The van der Waals surface area contributed by atoms with Crippen LogP contribution in [0.15, 0.2) is 30.3 Å². The lowest BCUT2D eigenvalue weighted by Crippen LogP contribution is -2.11. The molecular formula is C15H17NO2S. The second-order valence-electron chi connectivity index (χ2n) is 4.23. The van der Waals surface area contributed by atoms with Crippen LogP contribution in [0.25, 0.3) is 0 Å². The number of ether oxygens (including phenoxy) is 1. The highest BCUT2D eigenvalue weighted by molar-refractivity contribution is 7.14. The fraction of sp³-hybridized carbons (Fsp3) is 0.267. The normalized spacial score (nSPS) is 10.3. The SMILES string of the molecule is CCOc1ccccc1NC(=O)c1cc(C)c(C)s1. The van der Waals surface area contributed by atoms with Crippen LogP contribution in [0, 0.1) is 13.8 Å². The minimum Gasteiger partial charge on any atom is -0.492 e. The highest BCUT2D eigenvalue weighted by Crippen LogP contribution is 2.26. The lowest BCUT2D eigenvalue weighted by atomic mass is 10.2. The van der Waals surface area contributed by atoms with Gasteiger partial charge in [0.25, 0.3) is 5.91 Å². The Labute approximate surface area is 117 Å². The van der Waals surface area contributed by atoms with Gasteiger partial charge in [0.2, 0.25) is 0 Å². The van der Waals surface area contributed by atoms with Crippen LogP contribution in [0.2, 0.25) is 0 Å². The third-order valence-electron chi connectivity index (χ3n) is 2.82. The Morgan fingerprint density at radius 3 is 2.68 bits per heavy atom. The Morgan fingerprint density at radius 1 is 1.32 bits per heavy atom. The lowest BCUT2D eigenvalue weighted by Gasteiger charge is -2.10. The van der Waals surface area contributed by atoms with E-state index >= 15 is 0 Å². The minimum absolute atomic E-state index is 0.0895. The van der Waals surface area contributed by atoms with Gasteiger partial charge in [-0.05, 0) is 44.5 Å². The maximum Gasteiger partial charge on any atom is 0.265 e. The molecule has 0 aliphatic carbocycles. The number of benzene rings is 1. The van der Waals surface area contributed by atoms with E-state index in [9.17, 15) is 4.79 Å². The first-order valence-electron chi connectivity index (χ1n) is 6.22. The van der Waals surface area contributed by atoms with Crippen molar-refractivity contribution in [2.24, 2.45) is 0 Å². The van der Waals surface area contributed by atoms with E-state index in [-0.39, 0.29) is 5.91 Å². The average molecular weight is 275 g/mol. The number of rotatable bonds is 4. The molecule has 3 nitrogen and oxygen atoms in total. The number of para-hydroxylation sites is 2. The van der Waals surface area contributed by atoms with E-state index in [2.05, 4.69) is 5.32 Å². The van der Waals surface area contributed by atoms with Gasteiger partial charge in [0.15, 0.2) is 0 Å². The van der Waals surface area contributed by atoms with Gasteiger partial charge in [-0.3, -0.25) is 4.79 Å². The molecule has 0 atom stereocenters. The number of hydrogen-bond donors (Lipinski definition) is 1. The molecule has 0 spiro atoms. The number of amides is 1. The number of nitrogens with one attached hydrogen (secondary N) is 1. The molecule has 0 fully saturated rings. The zero-order valence-electron chi connectivity index (χ0n) is 11.3. The third-order valence-corrected chi connectivity index (χ3v) is 3.98. The maximum atomic E-state index is 12.2. The van der Waals surface area contributed by atoms with Crippen LogP contribution in [0.4, 0.5) is 5.69 Å². The second-order valence-corrected chi connectivity index (χ2v) is 5.49. The molecule has 1 aromatic heterocycles. The number of thiophene rings is 1. The summed E-state index contributed by atoms with van der Waals surface area (Å²) in [5.41, 5.74) is 1.85. The molecule has 0 saturated heterocycles. The van der Waals surface area contributed by atoms with Gasteiger partial charge in [-0.1, -0.05) is 12.1 Å². The van der Waals surface area contributed by atoms with E-state index < -0.39 is 0 Å². The van der Waals surface area contributed by atoms with Gasteiger partial charge in [-0.2, -0.15) is 0 Å². The Kier molecular flexibility index (Phi) is 4.22. The van der Waals surface area contributed by atoms with Crippen molar-refractivity contribution in [1.29, 1.82) is 0 Å². The third kappa shape index (κ3) is 3.15. The van der Waals surface area contributed by atoms with Crippen LogP contribution in [0.5, 0.6) is 5.75 Å². The van der Waals surface area contributed by atoms with Crippen molar-refractivity contribution >= 4 is 22.9 Å². The van der Waals surface area contributed by atoms with Gasteiger partial charge < -0.3 is 10.1 Å². The summed E-state index contributed by atoms with van der Waals surface area (Å²) >= 11 is 1.51.